The van der Waals surface area contributed by atoms with E-state index in [-0.39, 0.29) is 11.4 Å². The van der Waals surface area contributed by atoms with Gasteiger partial charge in [0.1, 0.15) is 0 Å². The Bertz CT molecular complexity index is 454. The summed E-state index contributed by atoms with van der Waals surface area (Å²) in [4.78, 5) is 0.193. The normalized spacial score (nSPS) is 12.1. The number of hydrogen-bond acceptors (Lipinski definition) is 3. The minimum Gasteiger partial charge on any atom is -0.327 e. The molecule has 0 spiro atoms. The minimum atomic E-state index is -3.46. The second-order valence-corrected chi connectivity index (χ2v) is 5.22. The van der Waals surface area contributed by atoms with Crippen LogP contribution in [-0.2, 0) is 10.0 Å². The van der Waals surface area contributed by atoms with E-state index in [9.17, 15) is 8.42 Å². The van der Waals surface area contributed by atoms with E-state index < -0.39 is 10.0 Å². The van der Waals surface area contributed by atoms with Crippen LogP contribution < -0.4 is 10.5 Å². The van der Waals surface area contributed by atoms with E-state index in [4.69, 9.17) is 17.3 Å². The van der Waals surface area contributed by atoms with Gasteiger partial charge in [0.25, 0.3) is 0 Å². The maximum absolute atomic E-state index is 11.7. The zero-order valence-electron chi connectivity index (χ0n) is 8.56. The van der Waals surface area contributed by atoms with E-state index >= 15 is 0 Å². The van der Waals surface area contributed by atoms with Crippen molar-refractivity contribution in [3.63, 3.8) is 0 Å². The van der Waals surface area contributed by atoms with Crippen LogP contribution in [0.2, 0.25) is 5.02 Å². The molecule has 0 fully saturated rings. The molecule has 0 bridgehead atoms. The zero-order valence-corrected chi connectivity index (χ0v) is 10.1. The molecule has 1 aromatic rings. The van der Waals surface area contributed by atoms with Gasteiger partial charge in [-0.3, -0.25) is 0 Å². The second-order valence-electron chi connectivity index (χ2n) is 3.01. The Morgan fingerprint density at radius 3 is 2.44 bits per heavy atom. The van der Waals surface area contributed by atoms with Crippen LogP contribution >= 0.6 is 11.6 Å². The van der Waals surface area contributed by atoms with Crippen LogP contribution in [0, 0.1) is 0 Å². The molecule has 16 heavy (non-hydrogen) atoms. The summed E-state index contributed by atoms with van der Waals surface area (Å²) in [6, 6.07) is 5.98. The van der Waals surface area contributed by atoms with Gasteiger partial charge in [-0.1, -0.05) is 23.8 Å². The smallest absolute Gasteiger partial charge is 0.240 e. The summed E-state index contributed by atoms with van der Waals surface area (Å²) in [5, 5.41) is 0.502. The third kappa shape index (κ3) is 3.94. The van der Waals surface area contributed by atoms with Crippen molar-refractivity contribution >= 4 is 21.6 Å². The first-order chi connectivity index (χ1) is 7.56. The first kappa shape index (κ1) is 13.2. The van der Waals surface area contributed by atoms with Gasteiger partial charge in [-0.05, 0) is 24.3 Å². The number of nitrogens with two attached hydrogens (primary N) is 1. The Morgan fingerprint density at radius 2 is 1.88 bits per heavy atom. The monoisotopic (exact) mass is 260 g/mol. The molecule has 0 aliphatic carbocycles. The standard InChI is InChI=1S/C10H13ClN2O2S/c11-9-3-5-10(6-4-9)16(14,15)13-8-2-1-7-12/h1-6,13H,7-8,12H2/b2-1+. The summed E-state index contributed by atoms with van der Waals surface area (Å²) in [6.45, 7) is 0.616. The van der Waals surface area contributed by atoms with Gasteiger partial charge in [0.2, 0.25) is 10.0 Å². The fourth-order valence-electron chi connectivity index (χ4n) is 1.03. The molecule has 0 heterocycles. The van der Waals surface area contributed by atoms with Crippen molar-refractivity contribution in [1.82, 2.24) is 4.72 Å². The van der Waals surface area contributed by atoms with Gasteiger partial charge in [0, 0.05) is 18.1 Å². The van der Waals surface area contributed by atoms with E-state index in [1.807, 2.05) is 0 Å². The molecule has 0 aliphatic heterocycles. The summed E-state index contributed by atoms with van der Waals surface area (Å²) in [5.41, 5.74) is 5.23. The molecule has 0 atom stereocenters. The number of halogens is 1. The van der Waals surface area contributed by atoms with Crippen LogP contribution in [0.4, 0.5) is 0 Å². The second kappa shape index (κ2) is 6.00. The molecule has 0 radical (unpaired) electrons. The Hall–Kier alpha value is -0.880. The molecular formula is C10H13ClN2O2S. The third-order valence-electron chi connectivity index (χ3n) is 1.82. The lowest BCUT2D eigenvalue weighted by Gasteiger charge is -2.04. The number of hydrogen-bond donors (Lipinski definition) is 2. The van der Waals surface area contributed by atoms with Crippen LogP contribution in [0.5, 0.6) is 0 Å². The topological polar surface area (TPSA) is 72.2 Å². The predicted octanol–water partition coefficient (Wildman–Crippen LogP) is 1.13. The lowest BCUT2D eigenvalue weighted by molar-refractivity contribution is 0.585. The predicted molar refractivity (Wildman–Crippen MR) is 64.8 cm³/mol. The summed E-state index contributed by atoms with van der Waals surface area (Å²) in [5.74, 6) is 0. The molecule has 0 aromatic heterocycles. The summed E-state index contributed by atoms with van der Waals surface area (Å²) >= 11 is 5.67. The molecule has 0 aliphatic rings. The Morgan fingerprint density at radius 1 is 1.25 bits per heavy atom. The summed E-state index contributed by atoms with van der Waals surface area (Å²) in [7, 11) is -3.46. The molecule has 4 nitrogen and oxygen atoms in total. The lowest BCUT2D eigenvalue weighted by atomic mass is 10.4. The van der Waals surface area contributed by atoms with Crippen molar-refractivity contribution in [3.8, 4) is 0 Å². The third-order valence-corrected chi connectivity index (χ3v) is 3.51. The maximum atomic E-state index is 11.7. The van der Waals surface area contributed by atoms with Gasteiger partial charge in [-0.2, -0.15) is 0 Å². The average Bonchev–Trinajstić information content (AvgIpc) is 2.25. The number of rotatable bonds is 5. The van der Waals surface area contributed by atoms with Crippen LogP contribution in [0.15, 0.2) is 41.3 Å². The Labute approximate surface area is 100 Å². The van der Waals surface area contributed by atoms with E-state index in [0.29, 0.717) is 11.6 Å². The average molecular weight is 261 g/mol. The van der Waals surface area contributed by atoms with Crippen molar-refractivity contribution < 1.29 is 8.42 Å². The molecule has 0 saturated carbocycles. The molecule has 0 unspecified atom stereocenters. The van der Waals surface area contributed by atoms with E-state index in [2.05, 4.69) is 4.72 Å². The van der Waals surface area contributed by atoms with Crippen molar-refractivity contribution in [2.45, 2.75) is 4.90 Å². The highest BCUT2D eigenvalue weighted by Crippen LogP contribution is 2.13. The molecular weight excluding hydrogens is 248 g/mol. The van der Waals surface area contributed by atoms with Crippen LogP contribution in [-0.4, -0.2) is 21.5 Å². The van der Waals surface area contributed by atoms with Gasteiger partial charge < -0.3 is 5.73 Å². The maximum Gasteiger partial charge on any atom is 0.240 e. The van der Waals surface area contributed by atoms with Crippen LogP contribution in [0.3, 0.4) is 0 Å². The van der Waals surface area contributed by atoms with E-state index in [1.165, 1.54) is 24.3 Å². The minimum absolute atomic E-state index is 0.193. The first-order valence-corrected chi connectivity index (χ1v) is 6.52. The Balaban J connectivity index is 2.71. The van der Waals surface area contributed by atoms with Crippen molar-refractivity contribution in [2.75, 3.05) is 13.1 Å². The fraction of sp³-hybridized carbons (Fsp3) is 0.200. The van der Waals surface area contributed by atoms with Crippen molar-refractivity contribution in [1.29, 1.82) is 0 Å². The Kier molecular flexibility index (Phi) is 4.95. The fourth-order valence-corrected chi connectivity index (χ4v) is 2.14. The lowest BCUT2D eigenvalue weighted by Crippen LogP contribution is -2.23. The van der Waals surface area contributed by atoms with Crippen LogP contribution in [0.1, 0.15) is 0 Å². The molecule has 6 heteroatoms. The number of sulfonamides is 1. The van der Waals surface area contributed by atoms with Crippen molar-refractivity contribution in [3.05, 3.63) is 41.4 Å². The van der Waals surface area contributed by atoms with Gasteiger partial charge in [0.05, 0.1) is 4.90 Å². The molecule has 1 rings (SSSR count). The van der Waals surface area contributed by atoms with Gasteiger partial charge in [-0.15, -0.1) is 0 Å². The van der Waals surface area contributed by atoms with Crippen LogP contribution in [0.25, 0.3) is 0 Å². The SMILES string of the molecule is NC/C=C/CNS(=O)(=O)c1ccc(Cl)cc1. The molecule has 1 aromatic carbocycles. The molecule has 0 saturated heterocycles. The van der Waals surface area contributed by atoms with Gasteiger partial charge in [-0.25, -0.2) is 13.1 Å². The highest BCUT2D eigenvalue weighted by molar-refractivity contribution is 7.89. The molecule has 88 valence electrons. The van der Waals surface area contributed by atoms with E-state index in [1.54, 1.807) is 12.2 Å². The zero-order chi connectivity index (χ0) is 12.0. The molecule has 3 N–H and O–H groups in total. The van der Waals surface area contributed by atoms with Gasteiger partial charge in [0.15, 0.2) is 0 Å². The molecule has 0 amide bonds. The summed E-state index contributed by atoms with van der Waals surface area (Å²) in [6.07, 6.45) is 3.35. The largest absolute Gasteiger partial charge is 0.327 e. The number of nitrogens with one attached hydrogen (secondary N) is 1. The van der Waals surface area contributed by atoms with Crippen molar-refractivity contribution in [2.24, 2.45) is 5.73 Å². The van der Waals surface area contributed by atoms with E-state index in [0.717, 1.165) is 0 Å². The van der Waals surface area contributed by atoms with Gasteiger partial charge >= 0.3 is 0 Å². The number of benzene rings is 1. The highest BCUT2D eigenvalue weighted by atomic mass is 35.5. The summed E-state index contributed by atoms with van der Waals surface area (Å²) < 4.78 is 25.8. The highest BCUT2D eigenvalue weighted by Gasteiger charge is 2.11. The first-order valence-electron chi connectivity index (χ1n) is 4.66. The quantitative estimate of drug-likeness (QED) is 0.780.